The molecule has 0 fully saturated rings. The van der Waals surface area contributed by atoms with Crippen LogP contribution in [0.3, 0.4) is 0 Å². The minimum atomic E-state index is 0.644. The van der Waals surface area contributed by atoms with Gasteiger partial charge in [-0.25, -0.2) is 0 Å². The summed E-state index contributed by atoms with van der Waals surface area (Å²) in [5.41, 5.74) is 4.81. The van der Waals surface area contributed by atoms with Crippen molar-refractivity contribution in [1.29, 1.82) is 0 Å². The molecule has 6 heteroatoms. The quantitative estimate of drug-likeness (QED) is 0.638. The van der Waals surface area contributed by atoms with E-state index < -0.39 is 0 Å². The molecule has 132 valence electrons. The first-order valence-corrected chi connectivity index (χ1v) is 9.04. The van der Waals surface area contributed by atoms with E-state index in [4.69, 9.17) is 0 Å². The van der Waals surface area contributed by atoms with Crippen LogP contribution in [-0.2, 0) is 16.0 Å². The first-order valence-electron chi connectivity index (χ1n) is 8.23. The average molecular weight is 365 g/mol. The molecule has 2 amide bonds. The summed E-state index contributed by atoms with van der Waals surface area (Å²) in [4.78, 5) is 29.7. The van der Waals surface area contributed by atoms with Gasteiger partial charge in [0, 0.05) is 34.2 Å². The van der Waals surface area contributed by atoms with Gasteiger partial charge >= 0.3 is 0 Å². The van der Waals surface area contributed by atoms with Gasteiger partial charge in [-0.05, 0) is 47.9 Å². The smallest absolute Gasteiger partial charge is 0.213 e. The Morgan fingerprint density at radius 2 is 1.85 bits per heavy atom. The first-order chi connectivity index (χ1) is 12.7. The van der Waals surface area contributed by atoms with Crippen molar-refractivity contribution in [2.45, 2.75) is 13.3 Å². The highest BCUT2D eigenvalue weighted by Gasteiger charge is 2.10. The van der Waals surface area contributed by atoms with Gasteiger partial charge in [-0.15, -0.1) is 11.3 Å². The summed E-state index contributed by atoms with van der Waals surface area (Å²) in [5, 5.41) is 2.62. The van der Waals surface area contributed by atoms with Crippen molar-refractivity contribution in [3.05, 3.63) is 54.4 Å². The highest BCUT2D eigenvalue weighted by atomic mass is 32.1. The molecule has 5 nitrogen and oxygen atoms in total. The number of carbonyl (C=O) groups is 2. The lowest BCUT2D eigenvalue weighted by atomic mass is 10.0. The Hall–Kier alpha value is -2.99. The monoisotopic (exact) mass is 365 g/mol. The van der Waals surface area contributed by atoms with Gasteiger partial charge in [0.15, 0.2) is 0 Å². The summed E-state index contributed by atoms with van der Waals surface area (Å²) < 4.78 is 0. The van der Waals surface area contributed by atoms with E-state index in [1.165, 1.54) is 0 Å². The fourth-order valence-corrected chi connectivity index (χ4v) is 3.78. The largest absolute Gasteiger partial charge is 0.327 e. The Morgan fingerprint density at radius 1 is 1.08 bits per heavy atom. The van der Waals surface area contributed by atoms with Crippen molar-refractivity contribution in [2.75, 3.05) is 17.3 Å². The molecule has 0 atom stereocenters. The molecule has 26 heavy (non-hydrogen) atoms. The van der Waals surface area contributed by atoms with E-state index in [-0.39, 0.29) is 0 Å². The SMILES string of the molecule is CCc1cc(-c2ccc(-c3cncc(NC=O)c3)s2)ccc1N(C)C=O. The van der Waals surface area contributed by atoms with E-state index in [0.717, 1.165) is 45.0 Å². The number of rotatable bonds is 7. The summed E-state index contributed by atoms with van der Waals surface area (Å²) in [7, 11) is 1.76. The van der Waals surface area contributed by atoms with E-state index in [1.54, 1.807) is 35.7 Å². The van der Waals surface area contributed by atoms with E-state index in [1.807, 2.05) is 18.2 Å². The lowest BCUT2D eigenvalue weighted by Gasteiger charge is -2.16. The normalized spacial score (nSPS) is 10.4. The van der Waals surface area contributed by atoms with Gasteiger partial charge in [0.2, 0.25) is 12.8 Å². The summed E-state index contributed by atoms with van der Waals surface area (Å²) in [6, 6.07) is 12.2. The molecule has 3 rings (SSSR count). The minimum absolute atomic E-state index is 0.644. The summed E-state index contributed by atoms with van der Waals surface area (Å²) >= 11 is 1.67. The van der Waals surface area contributed by atoms with Gasteiger partial charge in [0.1, 0.15) is 0 Å². The van der Waals surface area contributed by atoms with Crippen LogP contribution in [0.5, 0.6) is 0 Å². The third kappa shape index (κ3) is 3.65. The fraction of sp³-hybridized carbons (Fsp3) is 0.150. The molecule has 0 radical (unpaired) electrons. The van der Waals surface area contributed by atoms with Crippen molar-refractivity contribution in [2.24, 2.45) is 0 Å². The van der Waals surface area contributed by atoms with E-state index >= 15 is 0 Å². The Labute approximate surface area is 156 Å². The Bertz CT molecular complexity index is 936. The average Bonchev–Trinajstić information content (AvgIpc) is 3.17. The van der Waals surface area contributed by atoms with Crippen LogP contribution in [0.4, 0.5) is 11.4 Å². The van der Waals surface area contributed by atoms with Gasteiger partial charge in [-0.1, -0.05) is 13.0 Å². The van der Waals surface area contributed by atoms with E-state index in [0.29, 0.717) is 12.1 Å². The van der Waals surface area contributed by atoms with Crippen molar-refractivity contribution >= 4 is 35.5 Å². The molecule has 0 aliphatic rings. The van der Waals surface area contributed by atoms with Gasteiger partial charge in [0.05, 0.1) is 11.9 Å². The van der Waals surface area contributed by atoms with Crippen LogP contribution in [0.1, 0.15) is 12.5 Å². The van der Waals surface area contributed by atoms with Crippen LogP contribution in [-0.4, -0.2) is 24.9 Å². The second kappa shape index (κ2) is 7.93. The maximum Gasteiger partial charge on any atom is 0.213 e. The van der Waals surface area contributed by atoms with Crippen molar-refractivity contribution in [3.8, 4) is 20.9 Å². The number of aromatic nitrogens is 1. The molecule has 0 bridgehead atoms. The zero-order chi connectivity index (χ0) is 18.5. The van der Waals surface area contributed by atoms with Crippen molar-refractivity contribution in [3.63, 3.8) is 0 Å². The molecule has 3 aromatic rings. The molecule has 0 aliphatic carbocycles. The lowest BCUT2D eigenvalue weighted by molar-refractivity contribution is -0.107. The number of nitrogens with zero attached hydrogens (tertiary/aromatic N) is 2. The van der Waals surface area contributed by atoms with Gasteiger partial charge in [-0.2, -0.15) is 0 Å². The fourth-order valence-electron chi connectivity index (χ4n) is 2.79. The van der Waals surface area contributed by atoms with Crippen molar-refractivity contribution < 1.29 is 9.59 Å². The topological polar surface area (TPSA) is 62.3 Å². The lowest BCUT2D eigenvalue weighted by Crippen LogP contribution is -2.15. The summed E-state index contributed by atoms with van der Waals surface area (Å²) in [6.07, 6.45) is 5.71. The van der Waals surface area contributed by atoms with Gasteiger partial charge < -0.3 is 10.2 Å². The number of pyridine rings is 1. The van der Waals surface area contributed by atoms with Crippen LogP contribution >= 0.6 is 11.3 Å². The van der Waals surface area contributed by atoms with Crippen LogP contribution in [0.25, 0.3) is 20.9 Å². The second-order valence-corrected chi connectivity index (χ2v) is 6.89. The van der Waals surface area contributed by atoms with E-state index in [2.05, 4.69) is 35.4 Å². The molecule has 2 heterocycles. The van der Waals surface area contributed by atoms with Crippen LogP contribution in [0, 0.1) is 0 Å². The minimum Gasteiger partial charge on any atom is -0.327 e. The Balaban J connectivity index is 1.93. The van der Waals surface area contributed by atoms with Crippen LogP contribution in [0.15, 0.2) is 48.8 Å². The Kier molecular flexibility index (Phi) is 5.43. The molecule has 1 aromatic carbocycles. The molecule has 0 saturated carbocycles. The second-order valence-electron chi connectivity index (χ2n) is 5.80. The van der Waals surface area contributed by atoms with Crippen LogP contribution < -0.4 is 10.2 Å². The zero-order valence-corrected chi connectivity index (χ0v) is 15.4. The molecule has 0 spiro atoms. The predicted octanol–water partition coefficient (Wildman–Crippen LogP) is 4.20. The molecule has 0 aliphatic heterocycles. The zero-order valence-electron chi connectivity index (χ0n) is 14.6. The first kappa shape index (κ1) is 17.8. The highest BCUT2D eigenvalue weighted by Crippen LogP contribution is 2.36. The number of amides is 2. The molecular weight excluding hydrogens is 346 g/mol. The standard InChI is InChI=1S/C20H19N3O2S/c1-3-14-8-15(4-5-18(14)23(2)13-25)19-6-7-20(26-19)16-9-17(22-12-24)11-21-10-16/h4-13H,3H2,1-2H3,(H,22,24). The maximum atomic E-state index is 11.1. The van der Waals surface area contributed by atoms with E-state index in [9.17, 15) is 9.59 Å². The molecular formula is C20H19N3O2S. The number of nitrogens with one attached hydrogen (secondary N) is 1. The third-order valence-electron chi connectivity index (χ3n) is 4.14. The highest BCUT2D eigenvalue weighted by molar-refractivity contribution is 7.18. The van der Waals surface area contributed by atoms with Gasteiger partial charge in [-0.3, -0.25) is 14.6 Å². The third-order valence-corrected chi connectivity index (χ3v) is 5.32. The number of hydrogen-bond donors (Lipinski definition) is 1. The number of aryl methyl sites for hydroxylation is 1. The maximum absolute atomic E-state index is 11.1. The van der Waals surface area contributed by atoms with Crippen molar-refractivity contribution in [1.82, 2.24) is 4.98 Å². The molecule has 2 aromatic heterocycles. The summed E-state index contributed by atoms with van der Waals surface area (Å²) in [6.45, 7) is 2.08. The number of carbonyl (C=O) groups excluding carboxylic acids is 2. The molecule has 0 saturated heterocycles. The Morgan fingerprint density at radius 3 is 2.54 bits per heavy atom. The molecule has 1 N–H and O–H groups in total. The predicted molar refractivity (Wildman–Crippen MR) is 107 cm³/mol. The number of anilines is 2. The number of thiophene rings is 1. The number of benzene rings is 1. The number of hydrogen-bond acceptors (Lipinski definition) is 4. The summed E-state index contributed by atoms with van der Waals surface area (Å²) in [5.74, 6) is 0. The molecule has 0 unspecified atom stereocenters. The van der Waals surface area contributed by atoms with Gasteiger partial charge in [0.25, 0.3) is 0 Å². The van der Waals surface area contributed by atoms with Crippen LogP contribution in [0.2, 0.25) is 0 Å².